The molecule has 3 heteroatoms. The third-order valence-electron chi connectivity index (χ3n) is 4.22. The van der Waals surface area contributed by atoms with E-state index < -0.39 is 0 Å². The molecule has 2 rings (SSSR count). The molecule has 1 aromatic carbocycles. The van der Waals surface area contributed by atoms with E-state index >= 15 is 0 Å². The zero-order chi connectivity index (χ0) is 16.3. The average Bonchev–Trinajstić information content (AvgIpc) is 2.42. The zero-order valence-electron chi connectivity index (χ0n) is 14.5. The van der Waals surface area contributed by atoms with Crippen LogP contribution in [-0.2, 0) is 6.54 Å². The third kappa shape index (κ3) is 3.41. The van der Waals surface area contributed by atoms with Crippen LogP contribution in [0.4, 0.5) is 0 Å². The van der Waals surface area contributed by atoms with E-state index in [1.165, 1.54) is 5.56 Å². The molecule has 0 aliphatic carbocycles. The van der Waals surface area contributed by atoms with E-state index in [9.17, 15) is 4.79 Å². The third-order valence-corrected chi connectivity index (χ3v) is 4.22. The van der Waals surface area contributed by atoms with Crippen LogP contribution < -0.4 is 5.43 Å². The van der Waals surface area contributed by atoms with Crippen molar-refractivity contribution in [2.24, 2.45) is 0 Å². The van der Waals surface area contributed by atoms with Gasteiger partial charge in [0.25, 0.3) is 0 Å². The number of pyridine rings is 1. The summed E-state index contributed by atoms with van der Waals surface area (Å²) in [6.45, 7) is 13.3. The molecule has 0 saturated heterocycles. The van der Waals surface area contributed by atoms with E-state index in [-0.39, 0.29) is 5.43 Å². The summed E-state index contributed by atoms with van der Waals surface area (Å²) in [5, 5.41) is 0.846. The minimum atomic E-state index is 0.195. The number of aryl methyl sites for hydroxylation is 3. The maximum Gasteiger partial charge on any atom is 0.194 e. The Bertz CT molecular complexity index is 709. The predicted molar refractivity (Wildman–Crippen MR) is 94.6 cm³/mol. The Morgan fingerprint density at radius 3 is 2.27 bits per heavy atom. The molecule has 3 nitrogen and oxygen atoms in total. The molecule has 0 aliphatic heterocycles. The van der Waals surface area contributed by atoms with Gasteiger partial charge >= 0.3 is 0 Å². The van der Waals surface area contributed by atoms with Crippen LogP contribution in [0.5, 0.6) is 0 Å². The van der Waals surface area contributed by atoms with E-state index in [1.807, 2.05) is 13.8 Å². The van der Waals surface area contributed by atoms with Crippen molar-refractivity contribution in [3.8, 4) is 0 Å². The summed E-state index contributed by atoms with van der Waals surface area (Å²) in [5.41, 5.74) is 5.32. The summed E-state index contributed by atoms with van der Waals surface area (Å²) in [4.78, 5) is 18.8. The normalized spacial score (nSPS) is 11.5. The van der Waals surface area contributed by atoms with Gasteiger partial charge in [-0.1, -0.05) is 19.9 Å². The molecule has 1 N–H and O–H groups in total. The largest absolute Gasteiger partial charge is 0.358 e. The van der Waals surface area contributed by atoms with Crippen LogP contribution in [0.25, 0.3) is 10.9 Å². The Morgan fingerprint density at radius 1 is 1.05 bits per heavy atom. The number of aromatic amines is 1. The minimum Gasteiger partial charge on any atom is -0.358 e. The fourth-order valence-electron chi connectivity index (χ4n) is 3.28. The van der Waals surface area contributed by atoms with Crippen molar-refractivity contribution in [2.75, 3.05) is 13.1 Å². The molecule has 0 radical (unpaired) electrons. The number of hydrogen-bond acceptors (Lipinski definition) is 2. The standard InChI is InChI=1S/C19H28N2O/c1-6-8-21(9-7-2)12-16-15(5)20-17-11-13(3)10-14(4)18(17)19(16)22/h10-11H,6-9,12H2,1-5H3,(H,20,22). The molecule has 1 aromatic heterocycles. The fourth-order valence-corrected chi connectivity index (χ4v) is 3.28. The number of benzene rings is 1. The lowest BCUT2D eigenvalue weighted by Crippen LogP contribution is -2.29. The van der Waals surface area contributed by atoms with Gasteiger partial charge in [0.15, 0.2) is 5.43 Å². The van der Waals surface area contributed by atoms with Gasteiger partial charge in [-0.2, -0.15) is 0 Å². The van der Waals surface area contributed by atoms with Crippen molar-refractivity contribution >= 4 is 10.9 Å². The molecule has 0 aliphatic rings. The highest BCUT2D eigenvalue weighted by Gasteiger charge is 2.14. The molecule has 0 fully saturated rings. The summed E-state index contributed by atoms with van der Waals surface area (Å²) in [6, 6.07) is 4.16. The molecular weight excluding hydrogens is 272 g/mol. The van der Waals surface area contributed by atoms with Crippen LogP contribution in [0.15, 0.2) is 16.9 Å². The van der Waals surface area contributed by atoms with Gasteiger partial charge in [-0.25, -0.2) is 0 Å². The smallest absolute Gasteiger partial charge is 0.194 e. The van der Waals surface area contributed by atoms with Crippen LogP contribution in [0, 0.1) is 20.8 Å². The van der Waals surface area contributed by atoms with E-state index in [1.54, 1.807) is 0 Å². The second kappa shape index (κ2) is 7.10. The zero-order valence-corrected chi connectivity index (χ0v) is 14.5. The van der Waals surface area contributed by atoms with Gasteiger partial charge in [0.2, 0.25) is 0 Å². The van der Waals surface area contributed by atoms with Crippen molar-refractivity contribution in [2.45, 2.75) is 54.0 Å². The topological polar surface area (TPSA) is 36.1 Å². The fraction of sp³-hybridized carbons (Fsp3) is 0.526. The Balaban J connectivity index is 2.52. The second-order valence-corrected chi connectivity index (χ2v) is 6.34. The van der Waals surface area contributed by atoms with Gasteiger partial charge < -0.3 is 4.98 Å². The first-order valence-corrected chi connectivity index (χ1v) is 8.33. The first-order chi connectivity index (χ1) is 10.5. The summed E-state index contributed by atoms with van der Waals surface area (Å²) >= 11 is 0. The lowest BCUT2D eigenvalue weighted by molar-refractivity contribution is 0.265. The Morgan fingerprint density at radius 2 is 1.68 bits per heavy atom. The summed E-state index contributed by atoms with van der Waals surface area (Å²) in [7, 11) is 0. The molecule has 0 saturated carbocycles. The number of hydrogen-bond donors (Lipinski definition) is 1. The van der Waals surface area contributed by atoms with Crippen LogP contribution in [-0.4, -0.2) is 23.0 Å². The van der Waals surface area contributed by atoms with Crippen LogP contribution in [0.2, 0.25) is 0 Å². The molecular formula is C19H28N2O. The molecule has 120 valence electrons. The van der Waals surface area contributed by atoms with Gasteiger partial charge in [0, 0.05) is 23.2 Å². The van der Waals surface area contributed by atoms with E-state index in [2.05, 4.69) is 42.8 Å². The molecule has 0 amide bonds. The SMILES string of the molecule is CCCN(CCC)Cc1c(C)[nH]c2cc(C)cc(C)c2c1=O. The number of fused-ring (bicyclic) bond motifs is 1. The predicted octanol–water partition coefficient (Wildman–Crippen LogP) is 4.08. The average molecular weight is 300 g/mol. The Labute approximate surface area is 133 Å². The molecule has 1 heterocycles. The van der Waals surface area contributed by atoms with Crippen LogP contribution >= 0.6 is 0 Å². The first kappa shape index (κ1) is 16.8. The second-order valence-electron chi connectivity index (χ2n) is 6.34. The minimum absolute atomic E-state index is 0.195. The molecule has 0 spiro atoms. The number of nitrogens with one attached hydrogen (secondary N) is 1. The number of nitrogens with zero attached hydrogens (tertiary/aromatic N) is 1. The van der Waals surface area contributed by atoms with Crippen molar-refractivity contribution in [1.29, 1.82) is 0 Å². The van der Waals surface area contributed by atoms with E-state index in [4.69, 9.17) is 0 Å². The van der Waals surface area contributed by atoms with E-state index in [0.717, 1.165) is 60.2 Å². The molecule has 0 bridgehead atoms. The van der Waals surface area contributed by atoms with Crippen LogP contribution in [0.3, 0.4) is 0 Å². The molecule has 22 heavy (non-hydrogen) atoms. The van der Waals surface area contributed by atoms with Crippen molar-refractivity contribution in [1.82, 2.24) is 9.88 Å². The van der Waals surface area contributed by atoms with Gasteiger partial charge in [0.1, 0.15) is 0 Å². The van der Waals surface area contributed by atoms with Gasteiger partial charge in [-0.3, -0.25) is 9.69 Å². The Kier molecular flexibility index (Phi) is 5.41. The molecule has 0 unspecified atom stereocenters. The maximum atomic E-state index is 13.0. The van der Waals surface area contributed by atoms with E-state index in [0.29, 0.717) is 0 Å². The lowest BCUT2D eigenvalue weighted by Gasteiger charge is -2.22. The number of H-pyrrole nitrogens is 1. The first-order valence-electron chi connectivity index (χ1n) is 8.33. The summed E-state index contributed by atoms with van der Waals surface area (Å²) < 4.78 is 0. The number of rotatable bonds is 6. The summed E-state index contributed by atoms with van der Waals surface area (Å²) in [5.74, 6) is 0. The quantitative estimate of drug-likeness (QED) is 0.872. The molecule has 0 atom stereocenters. The van der Waals surface area contributed by atoms with Crippen molar-refractivity contribution in [3.63, 3.8) is 0 Å². The lowest BCUT2D eigenvalue weighted by atomic mass is 10.0. The molecule has 2 aromatic rings. The highest BCUT2D eigenvalue weighted by atomic mass is 16.1. The van der Waals surface area contributed by atoms with Crippen LogP contribution in [0.1, 0.15) is 49.1 Å². The maximum absolute atomic E-state index is 13.0. The highest BCUT2D eigenvalue weighted by Crippen LogP contribution is 2.18. The highest BCUT2D eigenvalue weighted by molar-refractivity contribution is 5.83. The van der Waals surface area contributed by atoms with Crippen molar-refractivity contribution < 1.29 is 0 Å². The monoisotopic (exact) mass is 300 g/mol. The number of aromatic nitrogens is 1. The summed E-state index contributed by atoms with van der Waals surface area (Å²) in [6.07, 6.45) is 2.23. The van der Waals surface area contributed by atoms with Crippen molar-refractivity contribution in [3.05, 3.63) is 44.7 Å². The van der Waals surface area contributed by atoms with Gasteiger partial charge in [-0.05, 0) is 63.9 Å². The Hall–Kier alpha value is -1.61. The van der Waals surface area contributed by atoms with Gasteiger partial charge in [0.05, 0.1) is 5.52 Å². The van der Waals surface area contributed by atoms with Gasteiger partial charge in [-0.15, -0.1) is 0 Å².